The molecule has 0 radical (unpaired) electrons. The average Bonchev–Trinajstić information content (AvgIpc) is 2.57. The summed E-state index contributed by atoms with van der Waals surface area (Å²) in [5.74, 6) is 0.654. The fourth-order valence-electron chi connectivity index (χ4n) is 1.60. The molecule has 0 unspecified atom stereocenters. The zero-order chi connectivity index (χ0) is 12.4. The Morgan fingerprint density at radius 1 is 1.47 bits per heavy atom. The zero-order valence-corrected chi connectivity index (χ0v) is 10.3. The van der Waals surface area contributed by atoms with E-state index in [4.69, 9.17) is 11.6 Å². The van der Waals surface area contributed by atoms with Gasteiger partial charge in [-0.2, -0.15) is 0 Å². The first-order chi connectivity index (χ1) is 8.06. The van der Waals surface area contributed by atoms with Crippen LogP contribution >= 0.6 is 11.6 Å². The van der Waals surface area contributed by atoms with Crippen LogP contribution in [-0.4, -0.2) is 15.9 Å². The fourth-order valence-corrected chi connectivity index (χ4v) is 1.89. The van der Waals surface area contributed by atoms with Gasteiger partial charge in [-0.1, -0.05) is 23.7 Å². The number of hydrogen-bond donors (Lipinski definition) is 2. The molecule has 0 bridgehead atoms. The highest BCUT2D eigenvalue weighted by Crippen LogP contribution is 2.27. The minimum Gasteiger partial charge on any atom is -0.333 e. The number of anilines is 1. The maximum absolute atomic E-state index is 11.0. The molecule has 0 aliphatic heterocycles. The van der Waals surface area contributed by atoms with Crippen LogP contribution in [0.25, 0.3) is 11.3 Å². The Kier molecular flexibility index (Phi) is 3.15. The van der Waals surface area contributed by atoms with E-state index in [9.17, 15) is 4.79 Å². The Morgan fingerprint density at radius 3 is 2.82 bits per heavy atom. The Bertz CT molecular complexity index is 563. The number of amides is 1. The number of benzene rings is 1. The number of halogens is 1. The van der Waals surface area contributed by atoms with Crippen molar-refractivity contribution >= 4 is 23.2 Å². The van der Waals surface area contributed by atoms with Crippen LogP contribution in [0.5, 0.6) is 0 Å². The monoisotopic (exact) mass is 249 g/mol. The summed E-state index contributed by atoms with van der Waals surface area (Å²) < 4.78 is 0. The van der Waals surface area contributed by atoms with E-state index in [-0.39, 0.29) is 5.91 Å². The summed E-state index contributed by atoms with van der Waals surface area (Å²) >= 11 is 6.03. The van der Waals surface area contributed by atoms with Crippen molar-refractivity contribution in [2.45, 2.75) is 13.8 Å². The van der Waals surface area contributed by atoms with Gasteiger partial charge < -0.3 is 10.3 Å². The molecular formula is C12H12ClN3O. The van der Waals surface area contributed by atoms with Crippen LogP contribution in [0.4, 0.5) is 5.69 Å². The third-order valence-corrected chi connectivity index (χ3v) is 2.51. The summed E-state index contributed by atoms with van der Waals surface area (Å²) in [5.41, 5.74) is 2.29. The van der Waals surface area contributed by atoms with E-state index >= 15 is 0 Å². The first-order valence-corrected chi connectivity index (χ1v) is 5.54. The molecule has 5 heteroatoms. The minimum absolute atomic E-state index is 0.105. The Morgan fingerprint density at radius 2 is 2.24 bits per heavy atom. The lowest BCUT2D eigenvalue weighted by Crippen LogP contribution is -2.05. The summed E-state index contributed by atoms with van der Waals surface area (Å²) in [4.78, 5) is 18.2. The second kappa shape index (κ2) is 4.59. The summed E-state index contributed by atoms with van der Waals surface area (Å²) in [6, 6.07) is 7.40. The van der Waals surface area contributed by atoms with Crippen molar-refractivity contribution in [3.63, 3.8) is 0 Å². The zero-order valence-electron chi connectivity index (χ0n) is 9.54. The molecule has 1 aromatic carbocycles. The molecule has 0 saturated carbocycles. The maximum Gasteiger partial charge on any atom is 0.221 e. The molecule has 2 aromatic rings. The molecule has 0 aliphatic carbocycles. The standard InChI is InChI=1S/C12H12ClN3O/c1-7-14-11(12(13)15-7)9-4-3-5-10(6-9)16-8(2)17/h3-6H,1-2H3,(H,14,15)(H,16,17). The molecule has 88 valence electrons. The first kappa shape index (κ1) is 11.7. The largest absolute Gasteiger partial charge is 0.333 e. The number of hydrogen-bond acceptors (Lipinski definition) is 2. The Labute approximate surface area is 104 Å². The Hall–Kier alpha value is -1.81. The van der Waals surface area contributed by atoms with Gasteiger partial charge in [0.1, 0.15) is 16.7 Å². The molecular weight excluding hydrogens is 238 g/mol. The molecule has 2 rings (SSSR count). The number of nitrogens with zero attached hydrogens (tertiary/aromatic N) is 1. The van der Waals surface area contributed by atoms with Gasteiger partial charge in [0.05, 0.1) is 0 Å². The SMILES string of the molecule is CC(=O)Nc1cccc(-c2nc(C)[nH]c2Cl)c1. The molecule has 1 aromatic heterocycles. The van der Waals surface area contributed by atoms with Crippen LogP contribution in [0.1, 0.15) is 12.7 Å². The van der Waals surface area contributed by atoms with Crippen molar-refractivity contribution in [3.8, 4) is 11.3 Å². The van der Waals surface area contributed by atoms with Gasteiger partial charge in [-0.25, -0.2) is 4.98 Å². The topological polar surface area (TPSA) is 57.8 Å². The molecule has 4 nitrogen and oxygen atoms in total. The van der Waals surface area contributed by atoms with Crippen molar-refractivity contribution in [1.29, 1.82) is 0 Å². The van der Waals surface area contributed by atoms with Crippen molar-refractivity contribution < 1.29 is 4.79 Å². The van der Waals surface area contributed by atoms with Crippen molar-refractivity contribution in [2.75, 3.05) is 5.32 Å². The lowest BCUT2D eigenvalue weighted by atomic mass is 10.1. The van der Waals surface area contributed by atoms with Gasteiger partial charge in [0.25, 0.3) is 0 Å². The highest BCUT2D eigenvalue weighted by molar-refractivity contribution is 6.31. The molecule has 0 saturated heterocycles. The van der Waals surface area contributed by atoms with Crippen LogP contribution in [0.3, 0.4) is 0 Å². The molecule has 0 aliphatic rings. The van der Waals surface area contributed by atoms with Crippen molar-refractivity contribution in [1.82, 2.24) is 9.97 Å². The van der Waals surface area contributed by atoms with E-state index in [1.54, 1.807) is 0 Å². The highest BCUT2D eigenvalue weighted by atomic mass is 35.5. The van der Waals surface area contributed by atoms with Gasteiger partial charge in [-0.3, -0.25) is 4.79 Å². The molecule has 2 N–H and O–H groups in total. The quantitative estimate of drug-likeness (QED) is 0.860. The third kappa shape index (κ3) is 2.65. The fraction of sp³-hybridized carbons (Fsp3) is 0.167. The number of carbonyl (C=O) groups is 1. The predicted octanol–water partition coefficient (Wildman–Crippen LogP) is 3.00. The molecule has 1 heterocycles. The molecule has 1 amide bonds. The number of carbonyl (C=O) groups excluding carboxylic acids is 1. The normalized spacial score (nSPS) is 10.3. The summed E-state index contributed by atoms with van der Waals surface area (Å²) in [6.45, 7) is 3.31. The molecule has 0 atom stereocenters. The summed E-state index contributed by atoms with van der Waals surface area (Å²) in [6.07, 6.45) is 0. The van der Waals surface area contributed by atoms with Gasteiger partial charge in [-0.15, -0.1) is 0 Å². The number of nitrogens with one attached hydrogen (secondary N) is 2. The third-order valence-electron chi connectivity index (χ3n) is 2.23. The predicted molar refractivity (Wildman–Crippen MR) is 68.1 cm³/mol. The summed E-state index contributed by atoms with van der Waals surface area (Å²) in [7, 11) is 0. The number of rotatable bonds is 2. The Balaban J connectivity index is 2.39. The minimum atomic E-state index is -0.105. The molecule has 17 heavy (non-hydrogen) atoms. The van der Waals surface area contributed by atoms with Gasteiger partial charge >= 0.3 is 0 Å². The molecule has 0 fully saturated rings. The number of imidazole rings is 1. The van der Waals surface area contributed by atoms with E-state index in [0.29, 0.717) is 10.8 Å². The van der Waals surface area contributed by atoms with E-state index in [0.717, 1.165) is 17.1 Å². The number of aryl methyl sites for hydroxylation is 1. The van der Waals surface area contributed by atoms with Gasteiger partial charge in [-0.05, 0) is 19.1 Å². The van der Waals surface area contributed by atoms with E-state index in [1.807, 2.05) is 31.2 Å². The summed E-state index contributed by atoms with van der Waals surface area (Å²) in [5, 5.41) is 3.22. The van der Waals surface area contributed by atoms with Crippen LogP contribution in [0.2, 0.25) is 5.15 Å². The number of H-pyrrole nitrogens is 1. The van der Waals surface area contributed by atoms with E-state index in [2.05, 4.69) is 15.3 Å². The second-order valence-corrected chi connectivity index (χ2v) is 4.12. The van der Waals surface area contributed by atoms with E-state index < -0.39 is 0 Å². The van der Waals surface area contributed by atoms with Crippen LogP contribution in [0, 0.1) is 6.92 Å². The number of aromatic nitrogens is 2. The van der Waals surface area contributed by atoms with Crippen molar-refractivity contribution in [3.05, 3.63) is 35.2 Å². The van der Waals surface area contributed by atoms with Crippen LogP contribution in [0.15, 0.2) is 24.3 Å². The molecule has 0 spiro atoms. The highest BCUT2D eigenvalue weighted by Gasteiger charge is 2.09. The average molecular weight is 250 g/mol. The van der Waals surface area contributed by atoms with Gasteiger partial charge in [0.2, 0.25) is 5.91 Å². The van der Waals surface area contributed by atoms with E-state index in [1.165, 1.54) is 6.92 Å². The maximum atomic E-state index is 11.0. The van der Waals surface area contributed by atoms with Crippen molar-refractivity contribution in [2.24, 2.45) is 0 Å². The van der Waals surface area contributed by atoms with Gasteiger partial charge in [0.15, 0.2) is 0 Å². The first-order valence-electron chi connectivity index (χ1n) is 5.16. The second-order valence-electron chi connectivity index (χ2n) is 3.75. The number of aromatic amines is 1. The van der Waals surface area contributed by atoms with Crippen LogP contribution < -0.4 is 5.32 Å². The lowest BCUT2D eigenvalue weighted by molar-refractivity contribution is -0.114. The smallest absolute Gasteiger partial charge is 0.221 e. The lowest BCUT2D eigenvalue weighted by Gasteiger charge is -2.04. The van der Waals surface area contributed by atoms with Crippen LogP contribution in [-0.2, 0) is 4.79 Å². The van der Waals surface area contributed by atoms with Gasteiger partial charge in [0, 0.05) is 18.2 Å².